The molecule has 1 N–H and O–H groups in total. The van der Waals surface area contributed by atoms with Crippen LogP contribution in [0.5, 0.6) is 0 Å². The molecule has 20 heavy (non-hydrogen) atoms. The Kier molecular flexibility index (Phi) is 4.47. The molecule has 106 valence electrons. The third-order valence-electron chi connectivity index (χ3n) is 2.81. The summed E-state index contributed by atoms with van der Waals surface area (Å²) in [6.07, 6.45) is 0.555. The Hall–Kier alpha value is -2.21. The highest BCUT2D eigenvalue weighted by Gasteiger charge is 2.09. The molecule has 0 saturated heterocycles. The van der Waals surface area contributed by atoms with E-state index in [1.807, 2.05) is 13.8 Å². The van der Waals surface area contributed by atoms with Crippen molar-refractivity contribution in [2.24, 2.45) is 0 Å². The van der Waals surface area contributed by atoms with Crippen LogP contribution < -0.4 is 0 Å². The van der Waals surface area contributed by atoms with Crippen LogP contribution in [0.1, 0.15) is 28.5 Å². The highest BCUT2D eigenvalue weighted by molar-refractivity contribution is 5.67. The van der Waals surface area contributed by atoms with Crippen LogP contribution in [0.4, 0.5) is 0 Å². The summed E-state index contributed by atoms with van der Waals surface area (Å²) in [5.74, 6) is -0.251. The molecule has 0 aliphatic rings. The van der Waals surface area contributed by atoms with Gasteiger partial charge in [0, 0.05) is 0 Å². The number of nitrogens with zero attached hydrogens (tertiary/aromatic N) is 2. The monoisotopic (exact) mass is 276 g/mol. The molecular formula is C14H16N2O4. The van der Waals surface area contributed by atoms with Crippen LogP contribution in [0.2, 0.25) is 0 Å². The van der Waals surface area contributed by atoms with Crippen LogP contribution in [0.25, 0.3) is 0 Å². The number of ether oxygens (including phenoxy) is 1. The van der Waals surface area contributed by atoms with Crippen LogP contribution in [0, 0.1) is 13.8 Å². The van der Waals surface area contributed by atoms with Crippen molar-refractivity contribution >= 4 is 5.97 Å². The van der Waals surface area contributed by atoms with Gasteiger partial charge in [-0.1, -0.05) is 23.8 Å². The Bertz CT molecular complexity index is 607. The Morgan fingerprint density at radius 2 is 2.05 bits per heavy atom. The van der Waals surface area contributed by atoms with E-state index in [4.69, 9.17) is 14.3 Å². The van der Waals surface area contributed by atoms with E-state index in [1.165, 1.54) is 5.56 Å². The molecule has 0 unspecified atom stereocenters. The zero-order valence-electron chi connectivity index (χ0n) is 11.4. The maximum Gasteiger partial charge on any atom is 0.329 e. The molecule has 0 amide bonds. The van der Waals surface area contributed by atoms with Crippen molar-refractivity contribution in [1.82, 2.24) is 10.2 Å². The minimum absolute atomic E-state index is 0.00605. The fraction of sp³-hybridized carbons (Fsp3) is 0.357. The standard InChI is InChI=1S/C14H16N2O4/c1-9-3-4-10(2)11(5-9)6-12-15-16-13(20-12)7-19-8-14(17)18/h3-5H,6-8H2,1-2H3,(H,17,18). The number of carbonyl (C=O) groups is 1. The van der Waals surface area contributed by atoms with Crippen molar-refractivity contribution in [2.45, 2.75) is 26.9 Å². The Balaban J connectivity index is 1.98. The van der Waals surface area contributed by atoms with E-state index in [1.54, 1.807) is 0 Å². The lowest BCUT2D eigenvalue weighted by molar-refractivity contribution is -0.142. The van der Waals surface area contributed by atoms with Crippen molar-refractivity contribution < 1.29 is 19.1 Å². The first-order chi connectivity index (χ1) is 9.54. The van der Waals surface area contributed by atoms with E-state index in [0.29, 0.717) is 12.3 Å². The number of aryl methyl sites for hydroxylation is 2. The summed E-state index contributed by atoms with van der Waals surface area (Å²) < 4.78 is 10.3. The van der Waals surface area contributed by atoms with E-state index in [0.717, 1.165) is 11.1 Å². The number of carboxylic acid groups (broad SMARTS) is 1. The first kappa shape index (κ1) is 14.2. The highest BCUT2D eigenvalue weighted by Crippen LogP contribution is 2.15. The van der Waals surface area contributed by atoms with Gasteiger partial charge >= 0.3 is 5.97 Å². The average molecular weight is 276 g/mol. The predicted octanol–water partition coefficient (Wildman–Crippen LogP) is 1.88. The third kappa shape index (κ3) is 3.89. The number of rotatable bonds is 6. The van der Waals surface area contributed by atoms with E-state index < -0.39 is 5.97 Å². The van der Waals surface area contributed by atoms with Crippen LogP contribution in [-0.2, 0) is 22.6 Å². The summed E-state index contributed by atoms with van der Waals surface area (Å²) in [7, 11) is 0. The summed E-state index contributed by atoms with van der Waals surface area (Å²) in [5, 5.41) is 16.2. The molecule has 0 saturated carbocycles. The maximum atomic E-state index is 10.3. The first-order valence-electron chi connectivity index (χ1n) is 6.21. The average Bonchev–Trinajstić information content (AvgIpc) is 2.81. The van der Waals surface area contributed by atoms with E-state index in [9.17, 15) is 4.79 Å². The van der Waals surface area contributed by atoms with Crippen molar-refractivity contribution in [3.05, 3.63) is 46.7 Å². The number of carboxylic acids is 1. The molecule has 1 heterocycles. The van der Waals surface area contributed by atoms with Crippen molar-refractivity contribution in [3.8, 4) is 0 Å². The van der Waals surface area contributed by atoms with Gasteiger partial charge in [-0.25, -0.2) is 4.79 Å². The van der Waals surface area contributed by atoms with E-state index >= 15 is 0 Å². The fourth-order valence-corrected chi connectivity index (χ4v) is 1.80. The van der Waals surface area contributed by atoms with E-state index in [-0.39, 0.29) is 19.1 Å². The zero-order valence-corrected chi connectivity index (χ0v) is 11.4. The molecule has 0 bridgehead atoms. The number of hydrogen-bond acceptors (Lipinski definition) is 5. The molecule has 0 fully saturated rings. The van der Waals surface area contributed by atoms with Gasteiger partial charge in [0.1, 0.15) is 13.2 Å². The number of benzene rings is 1. The lowest BCUT2D eigenvalue weighted by Gasteiger charge is -2.04. The normalized spacial score (nSPS) is 10.7. The zero-order chi connectivity index (χ0) is 14.5. The molecule has 0 radical (unpaired) electrons. The molecule has 1 aromatic carbocycles. The van der Waals surface area contributed by atoms with Crippen molar-refractivity contribution in [3.63, 3.8) is 0 Å². The second kappa shape index (κ2) is 6.29. The van der Waals surface area contributed by atoms with Gasteiger partial charge in [-0.3, -0.25) is 0 Å². The fourth-order valence-electron chi connectivity index (χ4n) is 1.80. The van der Waals surface area contributed by atoms with Crippen molar-refractivity contribution in [2.75, 3.05) is 6.61 Å². The second-order valence-electron chi connectivity index (χ2n) is 4.58. The summed E-state index contributed by atoms with van der Waals surface area (Å²) in [6, 6.07) is 6.19. The van der Waals surface area contributed by atoms with Gasteiger partial charge in [0.25, 0.3) is 0 Å². The number of aromatic nitrogens is 2. The number of hydrogen-bond donors (Lipinski definition) is 1. The molecule has 0 atom stereocenters. The molecule has 2 aromatic rings. The lowest BCUT2D eigenvalue weighted by Crippen LogP contribution is -2.06. The highest BCUT2D eigenvalue weighted by atomic mass is 16.5. The summed E-state index contributed by atoms with van der Waals surface area (Å²) in [5.41, 5.74) is 3.47. The summed E-state index contributed by atoms with van der Waals surface area (Å²) in [4.78, 5) is 10.3. The largest absolute Gasteiger partial charge is 0.480 e. The van der Waals surface area contributed by atoms with E-state index in [2.05, 4.69) is 28.4 Å². The Morgan fingerprint density at radius 3 is 2.80 bits per heavy atom. The van der Waals surface area contributed by atoms with Crippen LogP contribution >= 0.6 is 0 Å². The minimum atomic E-state index is -1.03. The smallest absolute Gasteiger partial charge is 0.329 e. The molecule has 0 spiro atoms. The first-order valence-corrected chi connectivity index (χ1v) is 6.21. The quantitative estimate of drug-likeness (QED) is 0.867. The molecule has 0 aliphatic heterocycles. The third-order valence-corrected chi connectivity index (χ3v) is 2.81. The Morgan fingerprint density at radius 1 is 1.30 bits per heavy atom. The van der Waals surface area contributed by atoms with Gasteiger partial charge in [0.15, 0.2) is 0 Å². The lowest BCUT2D eigenvalue weighted by atomic mass is 10.0. The van der Waals surface area contributed by atoms with Crippen LogP contribution in [0.3, 0.4) is 0 Å². The van der Waals surface area contributed by atoms with Crippen molar-refractivity contribution in [1.29, 1.82) is 0 Å². The SMILES string of the molecule is Cc1ccc(C)c(Cc2nnc(COCC(=O)O)o2)c1. The molecular weight excluding hydrogens is 260 g/mol. The van der Waals surface area contributed by atoms with Gasteiger partial charge in [0.05, 0.1) is 6.42 Å². The van der Waals surface area contributed by atoms with Gasteiger partial charge in [-0.05, 0) is 25.0 Å². The topological polar surface area (TPSA) is 85.5 Å². The van der Waals surface area contributed by atoms with Gasteiger partial charge in [0.2, 0.25) is 11.8 Å². The predicted molar refractivity (Wildman–Crippen MR) is 70.3 cm³/mol. The molecule has 6 nitrogen and oxygen atoms in total. The van der Waals surface area contributed by atoms with Crippen LogP contribution in [0.15, 0.2) is 22.6 Å². The van der Waals surface area contributed by atoms with Crippen LogP contribution in [-0.4, -0.2) is 27.9 Å². The van der Waals surface area contributed by atoms with Gasteiger partial charge in [-0.2, -0.15) is 0 Å². The maximum absolute atomic E-state index is 10.3. The summed E-state index contributed by atoms with van der Waals surface area (Å²) in [6.45, 7) is 3.69. The second-order valence-corrected chi connectivity index (χ2v) is 4.58. The molecule has 0 aliphatic carbocycles. The number of aliphatic carboxylic acids is 1. The minimum Gasteiger partial charge on any atom is -0.480 e. The molecule has 2 rings (SSSR count). The van der Waals surface area contributed by atoms with Gasteiger partial charge < -0.3 is 14.3 Å². The summed E-state index contributed by atoms with van der Waals surface area (Å²) >= 11 is 0. The molecule has 1 aromatic heterocycles. The van der Waals surface area contributed by atoms with Gasteiger partial charge in [-0.15, -0.1) is 10.2 Å². The molecule has 6 heteroatoms. The Labute approximate surface area is 116 Å².